The van der Waals surface area contributed by atoms with Gasteiger partial charge in [-0.25, -0.2) is 4.79 Å². The maximum absolute atomic E-state index is 11.6. The zero-order valence-corrected chi connectivity index (χ0v) is 11.0. The number of benzene rings is 1. The molecular weight excluding hydrogens is 252 g/mol. The summed E-state index contributed by atoms with van der Waals surface area (Å²) in [6.45, 7) is 2.11. The van der Waals surface area contributed by atoms with Crippen LogP contribution >= 0.6 is 0 Å². The van der Waals surface area contributed by atoms with Crippen molar-refractivity contribution in [2.24, 2.45) is 0 Å². The van der Waals surface area contributed by atoms with Gasteiger partial charge in [0.25, 0.3) is 0 Å². The van der Waals surface area contributed by atoms with Gasteiger partial charge in [0, 0.05) is 30.7 Å². The van der Waals surface area contributed by atoms with Gasteiger partial charge in [0.05, 0.1) is 12.2 Å². The number of hydrogen-bond donors (Lipinski definition) is 2. The quantitative estimate of drug-likeness (QED) is 0.894. The second-order valence-corrected chi connectivity index (χ2v) is 4.61. The van der Waals surface area contributed by atoms with Crippen LogP contribution in [-0.4, -0.2) is 24.1 Å². The van der Waals surface area contributed by atoms with Gasteiger partial charge < -0.3 is 10.6 Å². The van der Waals surface area contributed by atoms with E-state index in [1.54, 1.807) is 11.1 Å². The van der Waals surface area contributed by atoms with Crippen molar-refractivity contribution in [3.8, 4) is 0 Å². The van der Waals surface area contributed by atoms with Crippen LogP contribution in [0.25, 0.3) is 0 Å². The molecule has 1 aromatic heterocycles. The van der Waals surface area contributed by atoms with E-state index >= 15 is 0 Å². The van der Waals surface area contributed by atoms with Crippen LogP contribution in [0.15, 0.2) is 48.7 Å². The number of carbonyl (C=O) groups excluding carboxylic acids is 1. The van der Waals surface area contributed by atoms with Crippen LogP contribution in [-0.2, 0) is 6.54 Å². The molecule has 0 atom stereocenters. The van der Waals surface area contributed by atoms with Crippen LogP contribution in [0.3, 0.4) is 0 Å². The van der Waals surface area contributed by atoms with E-state index in [1.807, 2.05) is 42.5 Å². The number of rotatable bonds is 4. The fourth-order valence-corrected chi connectivity index (χ4v) is 2.17. The third-order valence-corrected chi connectivity index (χ3v) is 3.24. The van der Waals surface area contributed by atoms with Gasteiger partial charge in [-0.05, 0) is 36.4 Å². The Balaban J connectivity index is 1.63. The van der Waals surface area contributed by atoms with Crippen LogP contribution < -0.4 is 15.5 Å². The molecule has 3 rings (SSSR count). The average Bonchev–Trinajstić information content (AvgIpc) is 2.93. The lowest BCUT2D eigenvalue weighted by atomic mass is 10.2. The third-order valence-electron chi connectivity index (χ3n) is 3.24. The molecule has 0 aliphatic carbocycles. The summed E-state index contributed by atoms with van der Waals surface area (Å²) in [6.07, 6.45) is 1.78. The summed E-state index contributed by atoms with van der Waals surface area (Å²) in [5.74, 6) is 0. The second kappa shape index (κ2) is 5.61. The minimum absolute atomic E-state index is 0.0285. The van der Waals surface area contributed by atoms with E-state index < -0.39 is 0 Å². The zero-order valence-electron chi connectivity index (χ0n) is 11.0. The molecule has 0 unspecified atom stereocenters. The zero-order chi connectivity index (χ0) is 13.8. The molecule has 2 aromatic rings. The minimum atomic E-state index is -0.0285. The van der Waals surface area contributed by atoms with Crippen molar-refractivity contribution in [2.75, 3.05) is 23.3 Å². The molecule has 20 heavy (non-hydrogen) atoms. The first kappa shape index (κ1) is 12.5. The summed E-state index contributed by atoms with van der Waals surface area (Å²) in [5.41, 5.74) is 2.93. The molecular formula is C15H16N4O. The van der Waals surface area contributed by atoms with Crippen molar-refractivity contribution in [1.82, 2.24) is 10.3 Å². The molecule has 5 nitrogen and oxygen atoms in total. The second-order valence-electron chi connectivity index (χ2n) is 4.61. The summed E-state index contributed by atoms with van der Waals surface area (Å²) in [4.78, 5) is 17.6. The average molecular weight is 268 g/mol. The van der Waals surface area contributed by atoms with Crippen LogP contribution in [0.1, 0.15) is 5.69 Å². The number of pyridine rings is 1. The molecule has 0 bridgehead atoms. The fourth-order valence-electron chi connectivity index (χ4n) is 2.17. The van der Waals surface area contributed by atoms with Crippen molar-refractivity contribution in [2.45, 2.75) is 6.54 Å². The maximum atomic E-state index is 11.6. The number of nitrogens with one attached hydrogen (secondary N) is 2. The van der Waals surface area contributed by atoms with Crippen LogP contribution in [0, 0.1) is 0 Å². The van der Waals surface area contributed by atoms with Gasteiger partial charge in [-0.1, -0.05) is 6.07 Å². The maximum Gasteiger partial charge on any atom is 0.321 e. The molecule has 0 saturated carbocycles. The number of aromatic nitrogens is 1. The molecule has 1 saturated heterocycles. The third kappa shape index (κ3) is 2.71. The summed E-state index contributed by atoms with van der Waals surface area (Å²) in [7, 11) is 0. The van der Waals surface area contributed by atoms with Crippen molar-refractivity contribution in [3.05, 3.63) is 54.4 Å². The largest absolute Gasteiger partial charge is 0.379 e. The lowest BCUT2D eigenvalue weighted by Gasteiger charge is -2.15. The molecule has 0 radical (unpaired) electrons. The number of urea groups is 1. The number of amides is 2. The van der Waals surface area contributed by atoms with E-state index in [-0.39, 0.29) is 6.03 Å². The Hall–Kier alpha value is -2.56. The Morgan fingerprint density at radius 2 is 2.05 bits per heavy atom. The van der Waals surface area contributed by atoms with Crippen LogP contribution in [0.2, 0.25) is 0 Å². The predicted molar refractivity (Wildman–Crippen MR) is 78.8 cm³/mol. The Morgan fingerprint density at radius 1 is 1.20 bits per heavy atom. The number of hydrogen-bond acceptors (Lipinski definition) is 3. The van der Waals surface area contributed by atoms with E-state index in [9.17, 15) is 4.79 Å². The van der Waals surface area contributed by atoms with E-state index in [0.717, 1.165) is 23.6 Å². The highest BCUT2D eigenvalue weighted by Gasteiger charge is 2.20. The van der Waals surface area contributed by atoms with Crippen molar-refractivity contribution in [1.29, 1.82) is 0 Å². The highest BCUT2D eigenvalue weighted by molar-refractivity contribution is 5.94. The molecule has 102 valence electrons. The summed E-state index contributed by atoms with van der Waals surface area (Å²) in [6, 6.07) is 13.7. The molecule has 1 aliphatic rings. The Labute approximate surface area is 117 Å². The minimum Gasteiger partial charge on any atom is -0.379 e. The smallest absolute Gasteiger partial charge is 0.321 e. The van der Waals surface area contributed by atoms with Gasteiger partial charge in [0.1, 0.15) is 0 Å². The number of anilines is 2. The Kier molecular flexibility index (Phi) is 3.50. The summed E-state index contributed by atoms with van der Waals surface area (Å²) < 4.78 is 0. The van der Waals surface area contributed by atoms with E-state index in [0.29, 0.717) is 13.1 Å². The van der Waals surface area contributed by atoms with Crippen molar-refractivity contribution < 1.29 is 4.79 Å². The first-order chi connectivity index (χ1) is 9.83. The van der Waals surface area contributed by atoms with E-state index in [4.69, 9.17) is 0 Å². The summed E-state index contributed by atoms with van der Waals surface area (Å²) >= 11 is 0. The topological polar surface area (TPSA) is 57.3 Å². The van der Waals surface area contributed by atoms with E-state index in [2.05, 4.69) is 15.6 Å². The fraction of sp³-hybridized carbons (Fsp3) is 0.200. The number of nitrogens with zero attached hydrogens (tertiary/aromatic N) is 2. The standard InChI is InChI=1S/C15H16N4O/c20-15-17-9-10-19(15)14-6-4-12(5-7-14)18-11-13-3-1-2-8-16-13/h1-8,18H,9-11H2,(H,17,20). The van der Waals surface area contributed by atoms with Gasteiger partial charge >= 0.3 is 6.03 Å². The Bertz CT molecular complexity index is 583. The Morgan fingerprint density at radius 3 is 2.70 bits per heavy atom. The first-order valence-corrected chi connectivity index (χ1v) is 6.62. The summed E-state index contributed by atoms with van der Waals surface area (Å²) in [5, 5.41) is 6.10. The lowest BCUT2D eigenvalue weighted by Crippen LogP contribution is -2.27. The molecule has 2 amide bonds. The normalized spacial score (nSPS) is 14.2. The van der Waals surface area contributed by atoms with Crippen molar-refractivity contribution >= 4 is 17.4 Å². The SMILES string of the molecule is O=C1NCCN1c1ccc(NCc2ccccn2)cc1. The highest BCUT2D eigenvalue weighted by Crippen LogP contribution is 2.19. The number of carbonyl (C=O) groups is 1. The molecule has 2 heterocycles. The predicted octanol–water partition coefficient (Wildman–Crippen LogP) is 2.22. The molecule has 1 aromatic carbocycles. The highest BCUT2D eigenvalue weighted by atomic mass is 16.2. The van der Waals surface area contributed by atoms with Gasteiger partial charge in [-0.3, -0.25) is 9.88 Å². The van der Waals surface area contributed by atoms with Gasteiger partial charge in [0.15, 0.2) is 0 Å². The molecule has 2 N–H and O–H groups in total. The van der Waals surface area contributed by atoms with Gasteiger partial charge in [-0.2, -0.15) is 0 Å². The molecule has 0 spiro atoms. The molecule has 1 fully saturated rings. The van der Waals surface area contributed by atoms with E-state index in [1.165, 1.54) is 0 Å². The first-order valence-electron chi connectivity index (χ1n) is 6.62. The van der Waals surface area contributed by atoms with Crippen molar-refractivity contribution in [3.63, 3.8) is 0 Å². The molecule has 5 heteroatoms. The molecule has 1 aliphatic heterocycles. The monoisotopic (exact) mass is 268 g/mol. The van der Waals surface area contributed by atoms with Gasteiger partial charge in [0.2, 0.25) is 0 Å². The van der Waals surface area contributed by atoms with Gasteiger partial charge in [-0.15, -0.1) is 0 Å². The van der Waals surface area contributed by atoms with Crippen LogP contribution in [0.5, 0.6) is 0 Å². The lowest BCUT2D eigenvalue weighted by molar-refractivity contribution is 0.252. The van der Waals surface area contributed by atoms with Crippen LogP contribution in [0.4, 0.5) is 16.2 Å².